The van der Waals surface area contributed by atoms with Gasteiger partial charge in [-0.15, -0.1) is 0 Å². The van der Waals surface area contributed by atoms with E-state index in [1.807, 2.05) is 0 Å². The highest BCUT2D eigenvalue weighted by Crippen LogP contribution is 2.30. The van der Waals surface area contributed by atoms with Gasteiger partial charge in [0.2, 0.25) is 0 Å². The van der Waals surface area contributed by atoms with E-state index in [0.717, 1.165) is 13.2 Å². The lowest BCUT2D eigenvalue weighted by atomic mass is 10.1. The monoisotopic (exact) mass is 278 g/mol. The molecule has 0 saturated heterocycles. The Labute approximate surface area is 107 Å². The van der Waals surface area contributed by atoms with Gasteiger partial charge in [-0.2, -0.15) is 13.2 Å². The van der Waals surface area contributed by atoms with Gasteiger partial charge < -0.3 is 4.74 Å². The molecule has 0 radical (unpaired) electrons. The summed E-state index contributed by atoms with van der Waals surface area (Å²) < 4.78 is 42.3. The molecule has 1 aromatic carbocycles. The largest absolute Gasteiger partial charge is 0.469 e. The van der Waals surface area contributed by atoms with E-state index in [4.69, 9.17) is 11.6 Å². The molecule has 18 heavy (non-hydrogen) atoms. The van der Waals surface area contributed by atoms with E-state index in [9.17, 15) is 18.0 Å². The van der Waals surface area contributed by atoms with Gasteiger partial charge in [0.1, 0.15) is 0 Å². The van der Waals surface area contributed by atoms with Crippen LogP contribution in [-0.2, 0) is 9.53 Å². The van der Waals surface area contributed by atoms with E-state index >= 15 is 0 Å². The number of methoxy groups -OCH3 is 1. The van der Waals surface area contributed by atoms with Crippen LogP contribution in [0.25, 0.3) is 6.08 Å². The summed E-state index contributed by atoms with van der Waals surface area (Å²) in [5.74, 6) is -0.937. The highest BCUT2D eigenvalue weighted by atomic mass is 35.5. The Morgan fingerprint density at radius 3 is 2.33 bits per heavy atom. The van der Waals surface area contributed by atoms with Crippen LogP contribution in [0, 0.1) is 0 Å². The number of carbonyl (C=O) groups is 1. The average molecular weight is 279 g/mol. The molecule has 0 atom stereocenters. The lowest BCUT2D eigenvalue weighted by Gasteiger charge is -2.10. The lowest BCUT2D eigenvalue weighted by Crippen LogP contribution is -2.16. The molecule has 0 aliphatic carbocycles. The summed E-state index contributed by atoms with van der Waals surface area (Å²) in [6, 6.07) is 5.82. The van der Waals surface area contributed by atoms with Crippen LogP contribution in [0.3, 0.4) is 0 Å². The van der Waals surface area contributed by atoms with Crippen molar-refractivity contribution < 1.29 is 22.7 Å². The first-order valence-electron chi connectivity index (χ1n) is 4.93. The van der Waals surface area contributed by atoms with Gasteiger partial charge in [0.05, 0.1) is 13.5 Å². The number of alkyl halides is 3. The van der Waals surface area contributed by atoms with Crippen molar-refractivity contribution in [2.45, 2.75) is 12.6 Å². The van der Waals surface area contributed by atoms with E-state index in [2.05, 4.69) is 4.74 Å². The molecular weight excluding hydrogens is 269 g/mol. The SMILES string of the molecule is COC(=O)CC(=Cc1ccc(Cl)cc1)C(F)(F)F. The Balaban J connectivity index is 3.02. The molecule has 6 heteroatoms. The van der Waals surface area contributed by atoms with Gasteiger partial charge in [-0.05, 0) is 23.8 Å². The summed E-state index contributed by atoms with van der Waals surface area (Å²) in [5, 5.41) is 0.425. The molecule has 0 amide bonds. The third-order valence-corrected chi connectivity index (χ3v) is 2.39. The van der Waals surface area contributed by atoms with Crippen molar-refractivity contribution in [3.63, 3.8) is 0 Å². The fourth-order valence-corrected chi connectivity index (χ4v) is 1.35. The number of ether oxygens (including phenoxy) is 1. The molecule has 0 spiro atoms. The average Bonchev–Trinajstić information content (AvgIpc) is 2.29. The fraction of sp³-hybridized carbons (Fsp3) is 0.250. The lowest BCUT2D eigenvalue weighted by molar-refractivity contribution is -0.143. The summed E-state index contributed by atoms with van der Waals surface area (Å²) in [6.07, 6.45) is -4.50. The zero-order chi connectivity index (χ0) is 13.8. The second kappa shape index (κ2) is 5.91. The highest BCUT2D eigenvalue weighted by molar-refractivity contribution is 6.30. The molecule has 2 nitrogen and oxygen atoms in total. The maximum Gasteiger partial charge on any atom is 0.413 e. The third kappa shape index (κ3) is 4.41. The molecule has 0 aromatic heterocycles. The van der Waals surface area contributed by atoms with Crippen LogP contribution in [0.4, 0.5) is 13.2 Å². The van der Waals surface area contributed by atoms with Gasteiger partial charge in [-0.3, -0.25) is 4.79 Å². The first-order chi connectivity index (χ1) is 8.32. The van der Waals surface area contributed by atoms with Crippen LogP contribution in [0.5, 0.6) is 0 Å². The number of rotatable bonds is 3. The van der Waals surface area contributed by atoms with Gasteiger partial charge in [-0.1, -0.05) is 23.7 Å². The summed E-state index contributed by atoms with van der Waals surface area (Å²) in [4.78, 5) is 10.9. The van der Waals surface area contributed by atoms with Gasteiger partial charge in [0.25, 0.3) is 0 Å². The van der Waals surface area contributed by atoms with E-state index in [0.29, 0.717) is 10.6 Å². The van der Waals surface area contributed by atoms with Crippen molar-refractivity contribution in [1.29, 1.82) is 0 Å². The van der Waals surface area contributed by atoms with E-state index in [1.54, 1.807) is 0 Å². The predicted molar refractivity (Wildman–Crippen MR) is 62.1 cm³/mol. The second-order valence-electron chi connectivity index (χ2n) is 3.47. The first kappa shape index (κ1) is 14.6. The van der Waals surface area contributed by atoms with Gasteiger partial charge in [0.15, 0.2) is 0 Å². The Kier molecular flexibility index (Phi) is 4.78. The smallest absolute Gasteiger partial charge is 0.413 e. The first-order valence-corrected chi connectivity index (χ1v) is 5.31. The van der Waals surface area contributed by atoms with Crippen molar-refractivity contribution in [3.05, 3.63) is 40.4 Å². The van der Waals surface area contributed by atoms with Gasteiger partial charge in [0, 0.05) is 10.6 Å². The number of esters is 1. The number of hydrogen-bond acceptors (Lipinski definition) is 2. The van der Waals surface area contributed by atoms with E-state index < -0.39 is 24.1 Å². The molecule has 0 aliphatic rings. The normalized spacial score (nSPS) is 12.4. The standard InChI is InChI=1S/C12H10ClF3O2/c1-18-11(17)7-9(12(14,15)16)6-8-2-4-10(13)5-3-8/h2-6H,7H2,1H3. The quantitative estimate of drug-likeness (QED) is 0.785. The molecule has 0 aliphatic heterocycles. The molecule has 0 saturated carbocycles. The summed E-state index contributed by atoms with van der Waals surface area (Å²) in [7, 11) is 1.04. The zero-order valence-corrected chi connectivity index (χ0v) is 10.2. The van der Waals surface area contributed by atoms with Crippen molar-refractivity contribution in [2.75, 3.05) is 7.11 Å². The number of hydrogen-bond donors (Lipinski definition) is 0. The van der Waals surface area contributed by atoms with E-state index in [-0.39, 0.29) is 0 Å². The number of benzene rings is 1. The molecular formula is C12H10ClF3O2. The molecule has 1 aromatic rings. The molecule has 0 heterocycles. The maximum atomic E-state index is 12.7. The Hall–Kier alpha value is -1.49. The second-order valence-corrected chi connectivity index (χ2v) is 3.91. The van der Waals surface area contributed by atoms with Crippen LogP contribution in [-0.4, -0.2) is 19.3 Å². The Bertz CT molecular complexity index is 449. The maximum absolute atomic E-state index is 12.7. The summed E-state index contributed by atoms with van der Waals surface area (Å²) in [6.45, 7) is 0. The minimum atomic E-state index is -4.58. The zero-order valence-electron chi connectivity index (χ0n) is 9.42. The van der Waals surface area contributed by atoms with E-state index in [1.165, 1.54) is 24.3 Å². The van der Waals surface area contributed by atoms with Crippen LogP contribution >= 0.6 is 11.6 Å². The molecule has 98 valence electrons. The summed E-state index contributed by atoms with van der Waals surface area (Å²) in [5.41, 5.74) is -0.646. The van der Waals surface area contributed by atoms with Gasteiger partial charge >= 0.3 is 12.1 Å². The topological polar surface area (TPSA) is 26.3 Å². The Morgan fingerprint density at radius 1 is 1.33 bits per heavy atom. The summed E-state index contributed by atoms with van der Waals surface area (Å²) >= 11 is 5.63. The highest BCUT2D eigenvalue weighted by Gasteiger charge is 2.34. The molecule has 0 unspecified atom stereocenters. The fourth-order valence-electron chi connectivity index (χ4n) is 1.22. The molecule has 0 fully saturated rings. The van der Waals surface area contributed by atoms with Crippen LogP contribution in [0.1, 0.15) is 12.0 Å². The van der Waals surface area contributed by atoms with Crippen molar-refractivity contribution in [3.8, 4) is 0 Å². The van der Waals surface area contributed by atoms with Crippen LogP contribution in [0.15, 0.2) is 29.8 Å². The number of halogens is 4. The molecule has 0 N–H and O–H groups in total. The minimum absolute atomic E-state index is 0.315. The van der Waals surface area contributed by atoms with Crippen LogP contribution in [0.2, 0.25) is 5.02 Å². The van der Waals surface area contributed by atoms with Crippen LogP contribution < -0.4 is 0 Å². The molecule has 0 bridgehead atoms. The minimum Gasteiger partial charge on any atom is -0.469 e. The third-order valence-electron chi connectivity index (χ3n) is 2.14. The predicted octanol–water partition coefficient (Wildman–Crippen LogP) is 3.85. The van der Waals surface area contributed by atoms with Crippen molar-refractivity contribution in [1.82, 2.24) is 0 Å². The Morgan fingerprint density at radius 2 is 1.89 bits per heavy atom. The molecule has 1 rings (SSSR count). The van der Waals surface area contributed by atoms with Gasteiger partial charge in [-0.25, -0.2) is 0 Å². The van der Waals surface area contributed by atoms with Crippen molar-refractivity contribution in [2.24, 2.45) is 0 Å². The van der Waals surface area contributed by atoms with Crippen molar-refractivity contribution >= 4 is 23.6 Å². The number of carbonyl (C=O) groups excluding carboxylic acids is 1.